The molecule has 2 amide bonds. The molecule has 2 aromatic carbocycles. The van der Waals surface area contributed by atoms with Crippen molar-refractivity contribution in [3.05, 3.63) is 78.1 Å². The van der Waals surface area contributed by atoms with Crippen LogP contribution in [0.1, 0.15) is 34.6 Å². The van der Waals surface area contributed by atoms with Crippen LogP contribution >= 0.6 is 0 Å². The highest BCUT2D eigenvalue weighted by Crippen LogP contribution is 2.29. The fourth-order valence-corrected chi connectivity index (χ4v) is 2.64. The van der Waals surface area contributed by atoms with Gasteiger partial charge >= 0.3 is 0 Å². The number of nitrogens with one attached hydrogen (secondary N) is 2. The third kappa shape index (κ3) is 5.96. The van der Waals surface area contributed by atoms with Gasteiger partial charge < -0.3 is 14.2 Å². The number of rotatable bonds is 7. The highest BCUT2D eigenvalue weighted by Gasteiger charge is 2.13. The monoisotopic (exact) mass is 421 g/mol. The molecule has 0 aliphatic heterocycles. The Morgan fingerprint density at radius 3 is 2.16 bits per heavy atom. The van der Waals surface area contributed by atoms with Crippen LogP contribution in [0, 0.1) is 0 Å². The Bertz CT molecular complexity index is 1040. The zero-order valence-corrected chi connectivity index (χ0v) is 17.4. The number of hydrogen-bond donors (Lipinski definition) is 2. The van der Waals surface area contributed by atoms with Crippen LogP contribution in [0.25, 0.3) is 0 Å². The van der Waals surface area contributed by atoms with E-state index < -0.39 is 11.8 Å². The number of aromatic nitrogens is 1. The quantitative estimate of drug-likeness (QED) is 0.564. The molecule has 0 spiro atoms. The lowest BCUT2D eigenvalue weighted by atomic mass is 10.2. The summed E-state index contributed by atoms with van der Waals surface area (Å²) in [7, 11) is 1.49. The summed E-state index contributed by atoms with van der Waals surface area (Å²) in [4.78, 5) is 28.7. The van der Waals surface area contributed by atoms with Crippen molar-refractivity contribution in [2.24, 2.45) is 0 Å². The maximum atomic E-state index is 12.4. The predicted molar refractivity (Wildman–Crippen MR) is 114 cm³/mol. The second kappa shape index (κ2) is 10.1. The molecule has 0 fully saturated rings. The van der Waals surface area contributed by atoms with Gasteiger partial charge in [0.25, 0.3) is 11.8 Å². The van der Waals surface area contributed by atoms with Crippen molar-refractivity contribution in [1.82, 2.24) is 15.8 Å². The summed E-state index contributed by atoms with van der Waals surface area (Å²) in [5.74, 6) is 1.16. The Morgan fingerprint density at radius 2 is 1.55 bits per heavy atom. The predicted octanol–water partition coefficient (Wildman–Crippen LogP) is 3.74. The topological polar surface area (TPSA) is 98.8 Å². The zero-order chi connectivity index (χ0) is 22.2. The second-order valence-electron chi connectivity index (χ2n) is 6.76. The number of methoxy groups -OCH3 is 1. The van der Waals surface area contributed by atoms with Gasteiger partial charge in [-0.3, -0.25) is 25.4 Å². The smallest absolute Gasteiger partial charge is 0.269 e. The highest BCUT2D eigenvalue weighted by atomic mass is 16.5. The summed E-state index contributed by atoms with van der Waals surface area (Å²) in [5.41, 5.74) is 5.45. The van der Waals surface area contributed by atoms with Crippen LogP contribution in [0.3, 0.4) is 0 Å². The van der Waals surface area contributed by atoms with Gasteiger partial charge in [0.1, 0.15) is 11.5 Å². The van der Waals surface area contributed by atoms with Crippen LogP contribution in [-0.4, -0.2) is 30.0 Å². The lowest BCUT2D eigenvalue weighted by molar-refractivity contribution is 0.0846. The fraction of sp³-hybridized carbons (Fsp3) is 0.174. The molecule has 3 aromatic rings. The number of hydrogen-bond acceptors (Lipinski definition) is 6. The molecule has 31 heavy (non-hydrogen) atoms. The van der Waals surface area contributed by atoms with Gasteiger partial charge in [0.15, 0.2) is 11.5 Å². The van der Waals surface area contributed by atoms with Crippen molar-refractivity contribution in [2.45, 2.75) is 20.0 Å². The van der Waals surface area contributed by atoms with E-state index in [0.717, 1.165) is 0 Å². The summed E-state index contributed by atoms with van der Waals surface area (Å²) in [6.45, 7) is 3.79. The zero-order valence-electron chi connectivity index (χ0n) is 17.4. The van der Waals surface area contributed by atoms with Gasteiger partial charge in [-0.1, -0.05) is 0 Å². The van der Waals surface area contributed by atoms with Crippen LogP contribution < -0.4 is 25.1 Å². The maximum absolute atomic E-state index is 12.4. The van der Waals surface area contributed by atoms with E-state index >= 15 is 0 Å². The third-order valence-electron chi connectivity index (χ3n) is 4.06. The number of carbonyl (C=O) groups is 2. The molecule has 8 heteroatoms. The SMILES string of the molecule is COc1cc(C(=O)NNC(=O)c2ccc(Oc3cccnc3)cc2)ccc1OC(C)C. The molecule has 0 bridgehead atoms. The molecule has 1 aromatic heterocycles. The summed E-state index contributed by atoms with van der Waals surface area (Å²) in [6.07, 6.45) is 3.21. The molecule has 0 unspecified atom stereocenters. The van der Waals surface area contributed by atoms with Gasteiger partial charge in [-0.05, 0) is 68.4 Å². The molecular weight excluding hydrogens is 398 g/mol. The van der Waals surface area contributed by atoms with Crippen molar-refractivity contribution >= 4 is 11.8 Å². The van der Waals surface area contributed by atoms with Crippen molar-refractivity contribution in [3.8, 4) is 23.0 Å². The molecule has 0 aliphatic carbocycles. The van der Waals surface area contributed by atoms with Gasteiger partial charge in [0, 0.05) is 17.3 Å². The Kier molecular flexibility index (Phi) is 7.05. The van der Waals surface area contributed by atoms with E-state index in [-0.39, 0.29) is 6.10 Å². The summed E-state index contributed by atoms with van der Waals surface area (Å²) in [5, 5.41) is 0. The lowest BCUT2D eigenvalue weighted by Gasteiger charge is -2.14. The minimum atomic E-state index is -0.487. The Labute approximate surface area is 180 Å². The molecule has 0 atom stereocenters. The molecule has 0 aliphatic rings. The average molecular weight is 421 g/mol. The fourth-order valence-electron chi connectivity index (χ4n) is 2.64. The van der Waals surface area contributed by atoms with Gasteiger partial charge in [-0.15, -0.1) is 0 Å². The first-order valence-corrected chi connectivity index (χ1v) is 9.59. The van der Waals surface area contributed by atoms with E-state index in [1.165, 1.54) is 7.11 Å². The number of carbonyl (C=O) groups excluding carboxylic acids is 2. The van der Waals surface area contributed by atoms with Gasteiger partial charge in [0.2, 0.25) is 0 Å². The first-order chi connectivity index (χ1) is 15.0. The number of benzene rings is 2. The maximum Gasteiger partial charge on any atom is 0.269 e. The number of amides is 2. The number of ether oxygens (including phenoxy) is 3. The molecule has 0 saturated carbocycles. The first-order valence-electron chi connectivity index (χ1n) is 9.59. The standard InChI is InChI=1S/C23H23N3O5/c1-15(2)30-20-11-8-17(13-21(20)29-3)23(28)26-25-22(27)16-6-9-18(10-7-16)31-19-5-4-12-24-14-19/h4-15H,1-3H3,(H,25,27)(H,26,28). The minimum absolute atomic E-state index is 0.0333. The van der Waals surface area contributed by atoms with Crippen molar-refractivity contribution in [2.75, 3.05) is 7.11 Å². The van der Waals surface area contributed by atoms with Gasteiger partial charge in [-0.25, -0.2) is 0 Å². The molecule has 1 heterocycles. The first kappa shape index (κ1) is 21.6. The highest BCUT2D eigenvalue weighted by molar-refractivity contribution is 5.99. The second-order valence-corrected chi connectivity index (χ2v) is 6.76. The Morgan fingerprint density at radius 1 is 0.871 bits per heavy atom. The van der Waals surface area contributed by atoms with Crippen LogP contribution in [0.2, 0.25) is 0 Å². The number of hydrazine groups is 1. The molecule has 0 saturated heterocycles. The van der Waals surface area contributed by atoms with Crippen molar-refractivity contribution in [3.63, 3.8) is 0 Å². The van der Waals surface area contributed by atoms with E-state index in [4.69, 9.17) is 14.2 Å². The van der Waals surface area contributed by atoms with E-state index in [2.05, 4.69) is 15.8 Å². The molecule has 0 radical (unpaired) electrons. The molecule has 3 rings (SSSR count). The van der Waals surface area contributed by atoms with Crippen molar-refractivity contribution < 1.29 is 23.8 Å². The van der Waals surface area contributed by atoms with E-state index in [0.29, 0.717) is 34.1 Å². The number of nitrogens with zero attached hydrogens (tertiary/aromatic N) is 1. The van der Waals surface area contributed by atoms with Crippen LogP contribution in [-0.2, 0) is 0 Å². The summed E-state index contributed by atoms with van der Waals surface area (Å²) >= 11 is 0. The average Bonchev–Trinajstić information content (AvgIpc) is 2.78. The Hall–Kier alpha value is -4.07. The summed E-state index contributed by atoms with van der Waals surface area (Å²) in [6, 6.07) is 14.8. The van der Waals surface area contributed by atoms with Crippen LogP contribution in [0.15, 0.2) is 67.0 Å². The van der Waals surface area contributed by atoms with E-state index in [9.17, 15) is 9.59 Å². The third-order valence-corrected chi connectivity index (χ3v) is 4.06. The van der Waals surface area contributed by atoms with Crippen LogP contribution in [0.4, 0.5) is 0 Å². The van der Waals surface area contributed by atoms with Crippen LogP contribution in [0.5, 0.6) is 23.0 Å². The van der Waals surface area contributed by atoms with Crippen molar-refractivity contribution in [1.29, 1.82) is 0 Å². The number of pyridine rings is 1. The Balaban J connectivity index is 1.58. The van der Waals surface area contributed by atoms with E-state index in [1.807, 2.05) is 13.8 Å². The van der Waals surface area contributed by atoms with E-state index in [1.54, 1.807) is 67.0 Å². The molecule has 8 nitrogen and oxygen atoms in total. The molecule has 2 N–H and O–H groups in total. The minimum Gasteiger partial charge on any atom is -0.493 e. The van der Waals surface area contributed by atoms with Gasteiger partial charge in [0.05, 0.1) is 19.4 Å². The van der Waals surface area contributed by atoms with Gasteiger partial charge in [-0.2, -0.15) is 0 Å². The molecule has 160 valence electrons. The molecular formula is C23H23N3O5. The lowest BCUT2D eigenvalue weighted by Crippen LogP contribution is -2.41. The normalized spacial score (nSPS) is 10.3. The summed E-state index contributed by atoms with van der Waals surface area (Å²) < 4.78 is 16.6. The largest absolute Gasteiger partial charge is 0.493 e.